The number of nitrogens with one attached hydrogen (secondary N) is 1. The van der Waals surface area contributed by atoms with Gasteiger partial charge in [0, 0.05) is 25.2 Å². The summed E-state index contributed by atoms with van der Waals surface area (Å²) in [6.07, 6.45) is 4.18. The first-order valence-corrected chi connectivity index (χ1v) is 8.31. The third kappa shape index (κ3) is 3.92. The van der Waals surface area contributed by atoms with E-state index in [0.29, 0.717) is 12.4 Å². The van der Waals surface area contributed by atoms with E-state index in [1.807, 2.05) is 12.1 Å². The molecule has 0 unspecified atom stereocenters. The maximum absolute atomic E-state index is 5.59. The first-order valence-electron chi connectivity index (χ1n) is 8.31. The second-order valence-corrected chi connectivity index (χ2v) is 5.87. The summed E-state index contributed by atoms with van der Waals surface area (Å²) in [7, 11) is 0. The van der Waals surface area contributed by atoms with Crippen LogP contribution in [0.1, 0.15) is 31.0 Å². The van der Waals surface area contributed by atoms with E-state index in [-0.39, 0.29) is 0 Å². The highest BCUT2D eigenvalue weighted by atomic mass is 16.3. The van der Waals surface area contributed by atoms with Gasteiger partial charge in [0.05, 0.1) is 6.54 Å². The molecule has 1 saturated heterocycles. The Morgan fingerprint density at radius 1 is 1.26 bits per heavy atom. The largest absolute Gasteiger partial charge is 0.444 e. The molecule has 0 aliphatic carbocycles. The van der Waals surface area contributed by atoms with E-state index >= 15 is 0 Å². The molecule has 3 rings (SSSR count). The number of guanidine groups is 1. The Hall–Kier alpha value is -2.30. The lowest BCUT2D eigenvalue weighted by Gasteiger charge is -2.20. The number of nitrogens with zero attached hydrogens (tertiary/aromatic N) is 3. The van der Waals surface area contributed by atoms with Gasteiger partial charge in [0.25, 0.3) is 0 Å². The van der Waals surface area contributed by atoms with Crippen molar-refractivity contribution in [2.75, 3.05) is 19.6 Å². The lowest BCUT2D eigenvalue weighted by molar-refractivity contribution is 0.493. The van der Waals surface area contributed by atoms with Crippen molar-refractivity contribution >= 4 is 5.96 Å². The molecule has 2 heterocycles. The summed E-state index contributed by atoms with van der Waals surface area (Å²) in [5.41, 5.74) is 3.08. The van der Waals surface area contributed by atoms with Gasteiger partial charge in [-0.05, 0) is 38.8 Å². The number of likely N-dealkylation sites (tertiary alicyclic amines) is 1. The lowest BCUT2D eigenvalue weighted by atomic mass is 10.1. The van der Waals surface area contributed by atoms with E-state index in [9.17, 15) is 0 Å². The normalized spacial score (nSPS) is 15.2. The minimum absolute atomic E-state index is 0.536. The molecule has 1 aliphatic heterocycles. The summed E-state index contributed by atoms with van der Waals surface area (Å²) >= 11 is 0. The van der Waals surface area contributed by atoms with Gasteiger partial charge in [-0.15, -0.1) is 0 Å². The standard InChI is InChI=1S/C18H24N4O/c1-3-19-18(22-10-4-5-11-22)20-12-16-13-23-17(21-16)15-8-6-14(2)7-9-15/h6-9,13H,3-5,10-12H2,1-2H3,(H,19,20). The van der Waals surface area contributed by atoms with Crippen LogP contribution in [0.5, 0.6) is 0 Å². The number of rotatable bonds is 4. The van der Waals surface area contributed by atoms with E-state index in [0.717, 1.165) is 36.9 Å². The molecule has 122 valence electrons. The molecule has 5 heteroatoms. The highest BCUT2D eigenvalue weighted by Crippen LogP contribution is 2.19. The fourth-order valence-electron chi connectivity index (χ4n) is 2.72. The van der Waals surface area contributed by atoms with Crippen molar-refractivity contribution in [3.63, 3.8) is 0 Å². The number of benzene rings is 1. The van der Waals surface area contributed by atoms with E-state index in [2.05, 4.69) is 41.2 Å². The van der Waals surface area contributed by atoms with E-state index in [1.54, 1.807) is 6.26 Å². The Labute approximate surface area is 137 Å². The Bertz CT molecular complexity index is 654. The molecule has 1 aromatic carbocycles. The van der Waals surface area contributed by atoms with Crippen molar-refractivity contribution in [2.24, 2.45) is 4.99 Å². The van der Waals surface area contributed by atoms with Gasteiger partial charge in [0.2, 0.25) is 5.89 Å². The van der Waals surface area contributed by atoms with E-state index < -0.39 is 0 Å². The van der Waals surface area contributed by atoms with Crippen LogP contribution in [0.3, 0.4) is 0 Å². The summed E-state index contributed by atoms with van der Waals surface area (Å²) in [6.45, 7) is 7.74. The number of aryl methyl sites for hydroxylation is 1. The van der Waals surface area contributed by atoms with Crippen LogP contribution in [0, 0.1) is 6.92 Å². The molecule has 1 N–H and O–H groups in total. The maximum atomic E-state index is 5.59. The van der Waals surface area contributed by atoms with Crippen LogP contribution in [0.4, 0.5) is 0 Å². The fraction of sp³-hybridized carbons (Fsp3) is 0.444. The zero-order chi connectivity index (χ0) is 16.1. The molecule has 5 nitrogen and oxygen atoms in total. The summed E-state index contributed by atoms with van der Waals surface area (Å²) in [5.74, 6) is 1.63. The number of aromatic nitrogens is 1. The van der Waals surface area contributed by atoms with Crippen LogP contribution in [0.15, 0.2) is 39.9 Å². The van der Waals surface area contributed by atoms with Gasteiger partial charge in [-0.2, -0.15) is 0 Å². The fourth-order valence-corrected chi connectivity index (χ4v) is 2.72. The molecule has 2 aromatic rings. The molecule has 0 atom stereocenters. The zero-order valence-corrected chi connectivity index (χ0v) is 13.9. The summed E-state index contributed by atoms with van der Waals surface area (Å²) in [5, 5.41) is 3.36. The highest BCUT2D eigenvalue weighted by Gasteiger charge is 2.15. The molecule has 0 saturated carbocycles. The average molecular weight is 312 g/mol. The predicted molar refractivity (Wildman–Crippen MR) is 92.3 cm³/mol. The van der Waals surface area contributed by atoms with Crippen molar-refractivity contribution in [1.29, 1.82) is 0 Å². The van der Waals surface area contributed by atoms with Crippen molar-refractivity contribution in [3.05, 3.63) is 41.8 Å². The van der Waals surface area contributed by atoms with Crippen molar-refractivity contribution in [3.8, 4) is 11.5 Å². The van der Waals surface area contributed by atoms with Crippen LogP contribution in [0.25, 0.3) is 11.5 Å². The Morgan fingerprint density at radius 2 is 2.00 bits per heavy atom. The molecule has 1 fully saturated rings. The topological polar surface area (TPSA) is 53.7 Å². The number of aliphatic imine (C=N–C) groups is 1. The molecule has 23 heavy (non-hydrogen) atoms. The minimum atomic E-state index is 0.536. The average Bonchev–Trinajstić information content (AvgIpc) is 3.24. The molecule has 0 amide bonds. The Morgan fingerprint density at radius 3 is 2.70 bits per heavy atom. The van der Waals surface area contributed by atoms with Crippen LogP contribution in [0.2, 0.25) is 0 Å². The summed E-state index contributed by atoms with van der Waals surface area (Å²) in [6, 6.07) is 8.19. The van der Waals surface area contributed by atoms with Crippen LogP contribution in [-0.4, -0.2) is 35.5 Å². The van der Waals surface area contributed by atoms with Gasteiger partial charge in [-0.25, -0.2) is 9.98 Å². The van der Waals surface area contributed by atoms with Gasteiger partial charge in [-0.1, -0.05) is 17.7 Å². The third-order valence-corrected chi connectivity index (χ3v) is 3.98. The Kier molecular flexibility index (Phi) is 4.95. The van der Waals surface area contributed by atoms with Gasteiger partial charge in [0.15, 0.2) is 5.96 Å². The molecular formula is C18H24N4O. The third-order valence-electron chi connectivity index (χ3n) is 3.98. The quantitative estimate of drug-likeness (QED) is 0.696. The van der Waals surface area contributed by atoms with E-state index in [1.165, 1.54) is 18.4 Å². The second-order valence-electron chi connectivity index (χ2n) is 5.87. The smallest absolute Gasteiger partial charge is 0.226 e. The summed E-state index contributed by atoms with van der Waals surface area (Å²) in [4.78, 5) is 11.6. The van der Waals surface area contributed by atoms with Crippen LogP contribution in [-0.2, 0) is 6.54 Å². The van der Waals surface area contributed by atoms with Crippen molar-refractivity contribution in [2.45, 2.75) is 33.2 Å². The van der Waals surface area contributed by atoms with Gasteiger partial charge >= 0.3 is 0 Å². The van der Waals surface area contributed by atoms with Crippen molar-refractivity contribution in [1.82, 2.24) is 15.2 Å². The first kappa shape index (κ1) is 15.6. The molecule has 1 aliphatic rings. The first-order chi connectivity index (χ1) is 11.3. The summed E-state index contributed by atoms with van der Waals surface area (Å²) < 4.78 is 5.59. The monoisotopic (exact) mass is 312 g/mol. The number of hydrogen-bond donors (Lipinski definition) is 1. The van der Waals surface area contributed by atoms with Crippen LogP contribution >= 0.6 is 0 Å². The molecular weight excluding hydrogens is 288 g/mol. The van der Waals surface area contributed by atoms with E-state index in [4.69, 9.17) is 9.41 Å². The van der Waals surface area contributed by atoms with Gasteiger partial charge in [-0.3, -0.25) is 0 Å². The zero-order valence-electron chi connectivity index (χ0n) is 13.9. The molecule has 0 bridgehead atoms. The van der Waals surface area contributed by atoms with Gasteiger partial charge < -0.3 is 14.6 Å². The van der Waals surface area contributed by atoms with Crippen LogP contribution < -0.4 is 5.32 Å². The number of hydrogen-bond acceptors (Lipinski definition) is 3. The maximum Gasteiger partial charge on any atom is 0.226 e. The minimum Gasteiger partial charge on any atom is -0.444 e. The SMILES string of the molecule is CCNC(=NCc1coc(-c2ccc(C)cc2)n1)N1CCCC1. The highest BCUT2D eigenvalue weighted by molar-refractivity contribution is 5.80. The molecule has 1 aromatic heterocycles. The lowest BCUT2D eigenvalue weighted by Crippen LogP contribution is -2.39. The second kappa shape index (κ2) is 7.31. The molecule has 0 spiro atoms. The molecule has 0 radical (unpaired) electrons. The van der Waals surface area contributed by atoms with Crippen molar-refractivity contribution < 1.29 is 4.42 Å². The predicted octanol–water partition coefficient (Wildman–Crippen LogP) is 3.21. The van der Waals surface area contributed by atoms with Gasteiger partial charge in [0.1, 0.15) is 12.0 Å². The Balaban J connectivity index is 1.69. The number of oxazole rings is 1.